The molecule has 1 fully saturated rings. The molecular weight excluding hydrogens is 395 g/mol. The molecule has 1 aliphatic heterocycles. The molecule has 0 aromatic heterocycles. The van der Waals surface area contributed by atoms with Crippen molar-refractivity contribution in [3.63, 3.8) is 0 Å². The predicted octanol–water partition coefficient (Wildman–Crippen LogP) is 4.66. The third-order valence-electron chi connectivity index (χ3n) is 3.75. The predicted molar refractivity (Wildman–Crippen MR) is 114 cm³/mol. The van der Waals surface area contributed by atoms with Gasteiger partial charge in [0.25, 0.3) is 0 Å². The molecule has 25 heavy (non-hydrogen) atoms. The quantitative estimate of drug-likeness (QED) is 0.699. The van der Waals surface area contributed by atoms with Gasteiger partial charge < -0.3 is 20.4 Å². The fourth-order valence-corrected chi connectivity index (χ4v) is 3.18. The Morgan fingerprint density at radius 3 is 1.44 bits per heavy atom. The lowest BCUT2D eigenvalue weighted by Crippen LogP contribution is -2.37. The summed E-state index contributed by atoms with van der Waals surface area (Å²) in [6.07, 6.45) is 0. The first-order valence-electron chi connectivity index (χ1n) is 7.64. The molecule has 0 bridgehead atoms. The molecule has 1 heterocycles. The van der Waals surface area contributed by atoms with E-state index in [1.165, 1.54) is 0 Å². The van der Waals surface area contributed by atoms with Crippen molar-refractivity contribution in [2.75, 3.05) is 30.4 Å². The Bertz CT molecular complexity index is 700. The van der Waals surface area contributed by atoms with Crippen LogP contribution in [0.25, 0.3) is 0 Å². The number of nitrogens with one attached hydrogen (secondary N) is 2. The molecule has 2 aromatic carbocycles. The fraction of sp³-hybridized carbons (Fsp3) is 0.176. The molecule has 4 nitrogen and oxygen atoms in total. The van der Waals surface area contributed by atoms with E-state index >= 15 is 0 Å². The lowest BCUT2D eigenvalue weighted by Gasteiger charge is -2.23. The highest BCUT2D eigenvalue weighted by molar-refractivity contribution is 7.80. The Labute approximate surface area is 167 Å². The highest BCUT2D eigenvalue weighted by atomic mass is 35.5. The van der Waals surface area contributed by atoms with Crippen LogP contribution in [0, 0.1) is 0 Å². The van der Waals surface area contributed by atoms with Gasteiger partial charge in [-0.3, -0.25) is 0 Å². The van der Waals surface area contributed by atoms with Crippen molar-refractivity contribution in [3.8, 4) is 0 Å². The van der Waals surface area contributed by atoms with Crippen LogP contribution in [0.1, 0.15) is 0 Å². The maximum Gasteiger partial charge on any atom is 0.174 e. The van der Waals surface area contributed by atoms with Gasteiger partial charge in [0.2, 0.25) is 0 Å². The van der Waals surface area contributed by atoms with E-state index in [2.05, 4.69) is 20.4 Å². The summed E-state index contributed by atoms with van der Waals surface area (Å²) in [6, 6.07) is 14.9. The van der Waals surface area contributed by atoms with Crippen LogP contribution >= 0.6 is 47.6 Å². The first kappa shape index (κ1) is 18.2. The van der Waals surface area contributed by atoms with Crippen LogP contribution in [-0.2, 0) is 0 Å². The summed E-state index contributed by atoms with van der Waals surface area (Å²) in [7, 11) is 0. The number of thiocarbonyl (C=S) groups is 2. The number of halogens is 2. The molecule has 3 rings (SSSR count). The van der Waals surface area contributed by atoms with Crippen LogP contribution < -0.4 is 10.6 Å². The molecular formula is C17H16Cl2N4S2. The zero-order chi connectivity index (χ0) is 17.8. The topological polar surface area (TPSA) is 30.5 Å². The number of hydrogen-bond donors (Lipinski definition) is 2. The lowest BCUT2D eigenvalue weighted by atomic mass is 10.3. The van der Waals surface area contributed by atoms with E-state index in [9.17, 15) is 0 Å². The third-order valence-corrected chi connectivity index (χ3v) is 4.97. The van der Waals surface area contributed by atoms with E-state index in [0.717, 1.165) is 24.5 Å². The molecule has 0 amide bonds. The second-order valence-corrected chi connectivity index (χ2v) is 7.19. The van der Waals surface area contributed by atoms with Gasteiger partial charge in [0.15, 0.2) is 10.2 Å². The Kier molecular flexibility index (Phi) is 5.96. The Morgan fingerprint density at radius 1 is 0.720 bits per heavy atom. The normalized spacial score (nSPS) is 13.7. The van der Waals surface area contributed by atoms with E-state index in [1.54, 1.807) is 0 Å². The minimum Gasteiger partial charge on any atom is -0.333 e. The zero-order valence-electron chi connectivity index (χ0n) is 13.2. The van der Waals surface area contributed by atoms with Crippen molar-refractivity contribution >= 4 is 69.2 Å². The van der Waals surface area contributed by atoms with Crippen molar-refractivity contribution < 1.29 is 0 Å². The smallest absolute Gasteiger partial charge is 0.174 e. The maximum absolute atomic E-state index is 5.90. The highest BCUT2D eigenvalue weighted by Gasteiger charge is 2.24. The average Bonchev–Trinajstić information content (AvgIpc) is 3.09. The van der Waals surface area contributed by atoms with Gasteiger partial charge in [-0.15, -0.1) is 0 Å². The van der Waals surface area contributed by atoms with Gasteiger partial charge in [-0.05, 0) is 73.0 Å². The maximum atomic E-state index is 5.90. The van der Waals surface area contributed by atoms with E-state index in [4.69, 9.17) is 47.6 Å². The van der Waals surface area contributed by atoms with Crippen molar-refractivity contribution in [2.45, 2.75) is 0 Å². The number of rotatable bonds is 2. The van der Waals surface area contributed by atoms with Gasteiger partial charge in [-0.2, -0.15) is 0 Å². The molecule has 0 atom stereocenters. The number of anilines is 2. The summed E-state index contributed by atoms with van der Waals surface area (Å²) in [4.78, 5) is 4.14. The van der Waals surface area contributed by atoms with E-state index in [0.29, 0.717) is 26.9 Å². The second kappa shape index (κ2) is 8.19. The molecule has 0 unspecified atom stereocenters. The van der Waals surface area contributed by atoms with Gasteiger partial charge in [0, 0.05) is 34.5 Å². The molecule has 2 aromatic rings. The largest absolute Gasteiger partial charge is 0.333 e. The molecule has 0 spiro atoms. The fourth-order valence-electron chi connectivity index (χ4n) is 2.39. The molecule has 1 saturated heterocycles. The zero-order valence-corrected chi connectivity index (χ0v) is 16.4. The molecule has 2 N–H and O–H groups in total. The van der Waals surface area contributed by atoms with Gasteiger partial charge in [0.1, 0.15) is 0 Å². The molecule has 130 valence electrons. The monoisotopic (exact) mass is 410 g/mol. The standard InChI is InChI=1S/C17H16Cl2N4S2/c18-12-1-5-14(6-2-12)20-16(24)22-9-10-23(11-22)17(25)21-15-7-3-13(19)4-8-15/h1-8H,9-11H2,(H,20,24)(H,21,25). The summed E-state index contributed by atoms with van der Waals surface area (Å²) in [5.74, 6) is 0. The van der Waals surface area contributed by atoms with Crippen LogP contribution in [-0.4, -0.2) is 39.8 Å². The first-order chi connectivity index (χ1) is 12.0. The number of benzene rings is 2. The Morgan fingerprint density at radius 2 is 1.08 bits per heavy atom. The summed E-state index contributed by atoms with van der Waals surface area (Å²) in [5.41, 5.74) is 1.82. The van der Waals surface area contributed by atoms with Gasteiger partial charge >= 0.3 is 0 Å². The van der Waals surface area contributed by atoms with Crippen molar-refractivity contribution in [1.82, 2.24) is 9.80 Å². The van der Waals surface area contributed by atoms with Crippen LogP contribution in [0.4, 0.5) is 11.4 Å². The molecule has 0 aliphatic carbocycles. The summed E-state index contributed by atoms with van der Waals surface area (Å²) < 4.78 is 0. The van der Waals surface area contributed by atoms with Crippen molar-refractivity contribution in [1.29, 1.82) is 0 Å². The van der Waals surface area contributed by atoms with Crippen LogP contribution in [0.5, 0.6) is 0 Å². The lowest BCUT2D eigenvalue weighted by molar-refractivity contribution is 0.431. The van der Waals surface area contributed by atoms with Crippen LogP contribution in [0.15, 0.2) is 48.5 Å². The van der Waals surface area contributed by atoms with Gasteiger partial charge in [-0.25, -0.2) is 0 Å². The molecule has 8 heteroatoms. The minimum atomic E-state index is 0.638. The molecule has 1 aliphatic rings. The number of nitrogens with zero attached hydrogens (tertiary/aromatic N) is 2. The van der Waals surface area contributed by atoms with Crippen LogP contribution in [0.2, 0.25) is 10.0 Å². The van der Waals surface area contributed by atoms with Crippen LogP contribution in [0.3, 0.4) is 0 Å². The van der Waals surface area contributed by atoms with Crippen molar-refractivity contribution in [2.24, 2.45) is 0 Å². The van der Waals surface area contributed by atoms with E-state index < -0.39 is 0 Å². The summed E-state index contributed by atoms with van der Waals surface area (Å²) >= 11 is 22.8. The highest BCUT2D eigenvalue weighted by Crippen LogP contribution is 2.17. The van der Waals surface area contributed by atoms with Gasteiger partial charge in [0.05, 0.1) is 6.67 Å². The van der Waals surface area contributed by atoms with E-state index in [1.807, 2.05) is 48.5 Å². The third kappa shape index (κ3) is 4.95. The molecule has 0 radical (unpaired) electrons. The average molecular weight is 411 g/mol. The Hall–Kier alpha value is -1.60. The summed E-state index contributed by atoms with van der Waals surface area (Å²) in [5, 5.41) is 9.17. The molecule has 0 saturated carbocycles. The minimum absolute atomic E-state index is 0.638. The van der Waals surface area contributed by atoms with Gasteiger partial charge in [-0.1, -0.05) is 23.2 Å². The second-order valence-electron chi connectivity index (χ2n) is 5.54. The van der Waals surface area contributed by atoms with Crippen molar-refractivity contribution in [3.05, 3.63) is 58.6 Å². The van der Waals surface area contributed by atoms with E-state index in [-0.39, 0.29) is 0 Å². The Balaban J connectivity index is 1.53. The summed E-state index contributed by atoms with van der Waals surface area (Å²) in [6.45, 7) is 2.25. The first-order valence-corrected chi connectivity index (χ1v) is 9.21. The number of hydrogen-bond acceptors (Lipinski definition) is 2. The SMILES string of the molecule is S=C(Nc1ccc(Cl)cc1)N1CCN(C(=S)Nc2ccc(Cl)cc2)C1.